The van der Waals surface area contributed by atoms with E-state index in [4.69, 9.17) is 0 Å². The summed E-state index contributed by atoms with van der Waals surface area (Å²) in [4.78, 5) is 2.70. The molecule has 2 rings (SSSR count). The van der Waals surface area contributed by atoms with Crippen molar-refractivity contribution in [1.82, 2.24) is 10.2 Å². The van der Waals surface area contributed by atoms with E-state index in [1.165, 1.54) is 58.4 Å². The lowest BCUT2D eigenvalue weighted by Gasteiger charge is -2.41. The first-order valence-corrected chi connectivity index (χ1v) is 6.98. The van der Waals surface area contributed by atoms with Crippen LogP contribution < -0.4 is 5.32 Å². The van der Waals surface area contributed by atoms with Crippen molar-refractivity contribution in [3.05, 3.63) is 0 Å². The van der Waals surface area contributed by atoms with Crippen molar-refractivity contribution in [3.8, 4) is 0 Å². The van der Waals surface area contributed by atoms with Gasteiger partial charge in [0.05, 0.1) is 0 Å². The van der Waals surface area contributed by atoms with E-state index in [1.807, 2.05) is 0 Å². The van der Waals surface area contributed by atoms with Crippen LogP contribution in [-0.2, 0) is 0 Å². The summed E-state index contributed by atoms with van der Waals surface area (Å²) in [5.74, 6) is 0. The molecule has 2 aliphatic heterocycles. The highest BCUT2D eigenvalue weighted by atomic mass is 15.1. The Morgan fingerprint density at radius 1 is 1.06 bits per heavy atom. The molecule has 1 unspecified atom stereocenters. The van der Waals surface area contributed by atoms with Gasteiger partial charge in [0.1, 0.15) is 0 Å². The summed E-state index contributed by atoms with van der Waals surface area (Å²) in [7, 11) is 0. The summed E-state index contributed by atoms with van der Waals surface area (Å²) in [6.07, 6.45) is 5.49. The Bertz CT molecular complexity index is 223. The van der Waals surface area contributed by atoms with Crippen LogP contribution >= 0.6 is 0 Å². The Kier molecular flexibility index (Phi) is 3.60. The summed E-state index contributed by atoms with van der Waals surface area (Å²) in [5, 5.41) is 3.50. The summed E-state index contributed by atoms with van der Waals surface area (Å²) in [6.45, 7) is 13.6. The minimum atomic E-state index is 0.542. The smallest absolute Gasteiger partial charge is 0.00480 e. The van der Waals surface area contributed by atoms with Crippen LogP contribution in [0.1, 0.15) is 46.5 Å². The minimum Gasteiger partial charge on any atom is -0.316 e. The normalized spacial score (nSPS) is 35.4. The number of rotatable bonds is 3. The third-order valence-electron chi connectivity index (χ3n) is 4.98. The first-order valence-electron chi connectivity index (χ1n) is 6.98. The number of nitrogens with zero attached hydrogens (tertiary/aromatic N) is 1. The van der Waals surface area contributed by atoms with Crippen LogP contribution in [0, 0.1) is 10.8 Å². The van der Waals surface area contributed by atoms with Crippen molar-refractivity contribution in [2.24, 2.45) is 10.8 Å². The molecule has 0 radical (unpaired) electrons. The molecule has 2 aliphatic rings. The van der Waals surface area contributed by atoms with Gasteiger partial charge in [-0.1, -0.05) is 27.2 Å². The monoisotopic (exact) mass is 224 g/mol. The molecule has 0 aromatic heterocycles. The fraction of sp³-hybridized carbons (Fsp3) is 1.00. The molecule has 2 heterocycles. The molecule has 0 aromatic carbocycles. The van der Waals surface area contributed by atoms with Crippen LogP contribution in [0.2, 0.25) is 0 Å². The van der Waals surface area contributed by atoms with E-state index in [0.29, 0.717) is 10.8 Å². The maximum Gasteiger partial charge on any atom is 0.00480 e. The standard InChI is InChI=1S/C14H28N2/c1-4-13(2)6-9-16(10-7-13)12-14(3)5-8-15-11-14/h15H,4-12H2,1-3H3. The van der Waals surface area contributed by atoms with Crippen LogP contribution in [-0.4, -0.2) is 37.6 Å². The first kappa shape index (κ1) is 12.4. The van der Waals surface area contributed by atoms with E-state index in [-0.39, 0.29) is 0 Å². The number of hydrogen-bond donors (Lipinski definition) is 1. The average Bonchev–Trinajstić information content (AvgIpc) is 2.69. The third-order valence-corrected chi connectivity index (χ3v) is 4.98. The van der Waals surface area contributed by atoms with Gasteiger partial charge in [0.25, 0.3) is 0 Å². The van der Waals surface area contributed by atoms with Gasteiger partial charge in [-0.15, -0.1) is 0 Å². The highest BCUT2D eigenvalue weighted by Gasteiger charge is 2.34. The first-order chi connectivity index (χ1) is 7.55. The molecule has 0 bridgehead atoms. The van der Waals surface area contributed by atoms with Crippen molar-refractivity contribution in [3.63, 3.8) is 0 Å². The predicted octanol–water partition coefficient (Wildman–Crippen LogP) is 2.50. The SMILES string of the molecule is CCC1(C)CCN(CC2(C)CCNC2)CC1. The molecule has 2 saturated heterocycles. The van der Waals surface area contributed by atoms with Gasteiger partial charge in [-0.2, -0.15) is 0 Å². The van der Waals surface area contributed by atoms with Crippen molar-refractivity contribution in [2.75, 3.05) is 32.7 Å². The number of likely N-dealkylation sites (tertiary alicyclic amines) is 1. The van der Waals surface area contributed by atoms with Crippen LogP contribution in [0.5, 0.6) is 0 Å². The Morgan fingerprint density at radius 2 is 1.75 bits per heavy atom. The molecule has 0 aromatic rings. The lowest BCUT2D eigenvalue weighted by Crippen LogP contribution is -2.44. The van der Waals surface area contributed by atoms with E-state index in [9.17, 15) is 0 Å². The fourth-order valence-electron chi connectivity index (χ4n) is 3.15. The van der Waals surface area contributed by atoms with Crippen molar-refractivity contribution in [2.45, 2.75) is 46.5 Å². The molecule has 2 fully saturated rings. The fourth-order valence-corrected chi connectivity index (χ4v) is 3.15. The van der Waals surface area contributed by atoms with Crippen molar-refractivity contribution in [1.29, 1.82) is 0 Å². The molecule has 2 nitrogen and oxygen atoms in total. The molecule has 94 valence electrons. The van der Waals surface area contributed by atoms with Crippen LogP contribution in [0.25, 0.3) is 0 Å². The van der Waals surface area contributed by atoms with Crippen LogP contribution in [0.4, 0.5) is 0 Å². The van der Waals surface area contributed by atoms with E-state index in [1.54, 1.807) is 0 Å². The Hall–Kier alpha value is -0.0800. The summed E-state index contributed by atoms with van der Waals surface area (Å²) >= 11 is 0. The van der Waals surface area contributed by atoms with Gasteiger partial charge in [-0.3, -0.25) is 0 Å². The second-order valence-corrected chi connectivity index (χ2v) is 6.68. The number of nitrogens with one attached hydrogen (secondary N) is 1. The second kappa shape index (κ2) is 4.66. The molecule has 0 saturated carbocycles. The molecule has 0 amide bonds. The molecule has 1 N–H and O–H groups in total. The lowest BCUT2D eigenvalue weighted by molar-refractivity contribution is 0.0830. The maximum absolute atomic E-state index is 3.50. The lowest BCUT2D eigenvalue weighted by atomic mass is 9.77. The van der Waals surface area contributed by atoms with Gasteiger partial charge in [0, 0.05) is 13.1 Å². The zero-order chi connectivity index (χ0) is 11.6. The topological polar surface area (TPSA) is 15.3 Å². The second-order valence-electron chi connectivity index (χ2n) is 6.68. The zero-order valence-corrected chi connectivity index (χ0v) is 11.3. The van der Waals surface area contributed by atoms with Crippen LogP contribution in [0.15, 0.2) is 0 Å². The maximum atomic E-state index is 3.50. The molecule has 1 atom stereocenters. The molecule has 16 heavy (non-hydrogen) atoms. The molecule has 0 aliphatic carbocycles. The number of piperidine rings is 1. The van der Waals surface area contributed by atoms with Crippen molar-refractivity contribution < 1.29 is 0 Å². The summed E-state index contributed by atoms with van der Waals surface area (Å²) < 4.78 is 0. The van der Waals surface area contributed by atoms with Gasteiger partial charge >= 0.3 is 0 Å². The summed E-state index contributed by atoms with van der Waals surface area (Å²) in [6, 6.07) is 0. The molecular weight excluding hydrogens is 196 g/mol. The van der Waals surface area contributed by atoms with Crippen molar-refractivity contribution >= 4 is 0 Å². The van der Waals surface area contributed by atoms with E-state index in [2.05, 4.69) is 31.0 Å². The van der Waals surface area contributed by atoms with Gasteiger partial charge in [-0.05, 0) is 49.7 Å². The predicted molar refractivity (Wildman–Crippen MR) is 69.7 cm³/mol. The Balaban J connectivity index is 1.81. The molecular formula is C14H28N2. The third kappa shape index (κ3) is 2.78. The van der Waals surface area contributed by atoms with E-state index < -0.39 is 0 Å². The summed E-state index contributed by atoms with van der Waals surface area (Å²) in [5.41, 5.74) is 1.17. The largest absolute Gasteiger partial charge is 0.316 e. The van der Waals surface area contributed by atoms with Gasteiger partial charge in [0.2, 0.25) is 0 Å². The molecule has 0 spiro atoms. The average molecular weight is 224 g/mol. The number of hydrogen-bond acceptors (Lipinski definition) is 2. The zero-order valence-electron chi connectivity index (χ0n) is 11.3. The Morgan fingerprint density at radius 3 is 2.25 bits per heavy atom. The van der Waals surface area contributed by atoms with Gasteiger partial charge in [-0.25, -0.2) is 0 Å². The van der Waals surface area contributed by atoms with Gasteiger partial charge in [0.15, 0.2) is 0 Å². The van der Waals surface area contributed by atoms with E-state index in [0.717, 1.165) is 0 Å². The Labute approximate surface area is 101 Å². The van der Waals surface area contributed by atoms with Gasteiger partial charge < -0.3 is 10.2 Å². The quantitative estimate of drug-likeness (QED) is 0.792. The van der Waals surface area contributed by atoms with E-state index >= 15 is 0 Å². The minimum absolute atomic E-state index is 0.542. The molecule has 2 heteroatoms. The highest BCUT2D eigenvalue weighted by Crippen LogP contribution is 2.35. The van der Waals surface area contributed by atoms with Crippen LogP contribution in [0.3, 0.4) is 0 Å². The highest BCUT2D eigenvalue weighted by molar-refractivity contribution is 4.89.